The fourth-order valence-electron chi connectivity index (χ4n) is 2.12. The Bertz CT molecular complexity index is 715. The highest BCUT2D eigenvalue weighted by Crippen LogP contribution is 2.33. The van der Waals surface area contributed by atoms with Gasteiger partial charge < -0.3 is 4.90 Å². The molecule has 1 aromatic carbocycles. The summed E-state index contributed by atoms with van der Waals surface area (Å²) in [6, 6.07) is 1.57. The van der Waals surface area contributed by atoms with E-state index in [1.165, 1.54) is 4.90 Å². The van der Waals surface area contributed by atoms with Gasteiger partial charge in [0.15, 0.2) is 6.19 Å². The van der Waals surface area contributed by atoms with Crippen molar-refractivity contribution in [3.05, 3.63) is 28.8 Å². The van der Waals surface area contributed by atoms with Crippen LogP contribution >= 0.6 is 11.6 Å². The zero-order valence-corrected chi connectivity index (χ0v) is 12.6. The Kier molecular flexibility index (Phi) is 4.56. The van der Waals surface area contributed by atoms with Crippen molar-refractivity contribution < 1.29 is 21.6 Å². The third kappa shape index (κ3) is 3.63. The average molecular weight is 354 g/mol. The highest BCUT2D eigenvalue weighted by atomic mass is 35.5. The van der Waals surface area contributed by atoms with Gasteiger partial charge in [0.05, 0.1) is 10.6 Å². The summed E-state index contributed by atoms with van der Waals surface area (Å²) in [6.45, 7) is 0.562. The van der Waals surface area contributed by atoms with Crippen molar-refractivity contribution in [2.24, 2.45) is 0 Å². The van der Waals surface area contributed by atoms with Crippen molar-refractivity contribution in [3.63, 3.8) is 0 Å². The molecule has 5 nitrogen and oxygen atoms in total. The molecular weight excluding hydrogens is 343 g/mol. The molecule has 0 saturated carbocycles. The van der Waals surface area contributed by atoms with Gasteiger partial charge in [-0.1, -0.05) is 11.6 Å². The van der Waals surface area contributed by atoms with Crippen LogP contribution in [0.3, 0.4) is 0 Å². The van der Waals surface area contributed by atoms with E-state index in [0.717, 1.165) is 6.07 Å². The topological polar surface area (TPSA) is 73.2 Å². The lowest BCUT2D eigenvalue weighted by Gasteiger charge is -2.15. The first kappa shape index (κ1) is 16.9. The summed E-state index contributed by atoms with van der Waals surface area (Å²) in [5.74, 6) is 0. The van der Waals surface area contributed by atoms with E-state index in [1.54, 1.807) is 0 Å². The van der Waals surface area contributed by atoms with Crippen LogP contribution < -0.4 is 4.72 Å². The van der Waals surface area contributed by atoms with Crippen LogP contribution in [0.15, 0.2) is 23.1 Å². The van der Waals surface area contributed by atoms with Crippen molar-refractivity contribution in [3.8, 4) is 6.19 Å². The molecule has 2 rings (SSSR count). The van der Waals surface area contributed by atoms with E-state index >= 15 is 0 Å². The molecule has 1 atom stereocenters. The molecule has 1 aromatic rings. The first-order valence-corrected chi connectivity index (χ1v) is 8.03. The van der Waals surface area contributed by atoms with Gasteiger partial charge in [-0.25, -0.2) is 13.1 Å². The molecule has 0 radical (unpaired) electrons. The van der Waals surface area contributed by atoms with Crippen LogP contribution in [0.4, 0.5) is 13.2 Å². The standard InChI is InChI=1S/C12H11ClF3N3O2S/c13-10-2-1-8(12(14,15)16)5-11(10)22(20,21)18-9-3-4-19(6-9)7-17/h1-2,5,9,18H,3-4,6H2. The molecule has 0 spiro atoms. The maximum absolute atomic E-state index is 12.7. The number of likely N-dealkylation sites (tertiary alicyclic amines) is 1. The van der Waals surface area contributed by atoms with Crippen molar-refractivity contribution in [2.75, 3.05) is 13.1 Å². The van der Waals surface area contributed by atoms with Gasteiger partial charge in [0, 0.05) is 19.1 Å². The first-order valence-electron chi connectivity index (χ1n) is 6.17. The van der Waals surface area contributed by atoms with Crippen LogP contribution in [0.25, 0.3) is 0 Å². The zero-order chi connectivity index (χ0) is 16.5. The quantitative estimate of drug-likeness (QED) is 0.845. The molecule has 1 N–H and O–H groups in total. The molecule has 0 aliphatic carbocycles. The van der Waals surface area contributed by atoms with Crippen molar-refractivity contribution >= 4 is 21.6 Å². The molecule has 120 valence electrons. The third-order valence-electron chi connectivity index (χ3n) is 3.20. The van der Waals surface area contributed by atoms with Crippen LogP contribution in [0, 0.1) is 11.5 Å². The first-order chi connectivity index (χ1) is 10.1. The van der Waals surface area contributed by atoms with Gasteiger partial charge in [-0.3, -0.25) is 0 Å². The monoisotopic (exact) mass is 353 g/mol. The number of nitriles is 1. The third-order valence-corrected chi connectivity index (χ3v) is 5.20. The highest BCUT2D eigenvalue weighted by Gasteiger charge is 2.34. The number of hydrogen-bond donors (Lipinski definition) is 1. The van der Waals surface area contributed by atoms with Crippen LogP contribution in [0.2, 0.25) is 5.02 Å². The van der Waals surface area contributed by atoms with Gasteiger partial charge in [0.1, 0.15) is 4.90 Å². The molecule has 1 aliphatic heterocycles. The minimum atomic E-state index is -4.67. The maximum Gasteiger partial charge on any atom is 0.416 e. The van der Waals surface area contributed by atoms with Crippen molar-refractivity contribution in [1.82, 2.24) is 9.62 Å². The molecule has 1 unspecified atom stereocenters. The lowest BCUT2D eigenvalue weighted by atomic mass is 10.2. The predicted molar refractivity (Wildman–Crippen MR) is 72.4 cm³/mol. The number of rotatable bonds is 3. The van der Waals surface area contributed by atoms with E-state index in [2.05, 4.69) is 4.72 Å². The summed E-state index contributed by atoms with van der Waals surface area (Å²) < 4.78 is 64.8. The number of nitrogens with one attached hydrogen (secondary N) is 1. The molecule has 1 aliphatic rings. The summed E-state index contributed by atoms with van der Waals surface area (Å²) in [6.07, 6.45) is -2.39. The molecule has 1 fully saturated rings. The highest BCUT2D eigenvalue weighted by molar-refractivity contribution is 7.89. The minimum absolute atomic E-state index is 0.173. The number of hydrogen-bond acceptors (Lipinski definition) is 4. The van der Waals surface area contributed by atoms with Gasteiger partial charge >= 0.3 is 6.18 Å². The maximum atomic E-state index is 12.7. The summed E-state index contributed by atoms with van der Waals surface area (Å²) >= 11 is 5.72. The largest absolute Gasteiger partial charge is 0.416 e. The molecule has 0 bridgehead atoms. The van der Waals surface area contributed by atoms with E-state index in [9.17, 15) is 21.6 Å². The van der Waals surface area contributed by atoms with Gasteiger partial charge in [-0.05, 0) is 24.6 Å². The second kappa shape index (κ2) is 5.95. The SMILES string of the molecule is N#CN1CCC(NS(=O)(=O)c2cc(C(F)(F)F)ccc2Cl)C1. The Morgan fingerprint density at radius 2 is 2.09 bits per heavy atom. The van der Waals surface area contributed by atoms with E-state index in [0.29, 0.717) is 25.1 Å². The van der Waals surface area contributed by atoms with E-state index in [1.807, 2.05) is 6.19 Å². The number of benzene rings is 1. The smallest absolute Gasteiger partial charge is 0.309 e. The number of sulfonamides is 1. The molecule has 0 aromatic heterocycles. The number of alkyl halides is 3. The molecule has 1 heterocycles. The van der Waals surface area contributed by atoms with Crippen molar-refractivity contribution in [2.45, 2.75) is 23.5 Å². The molecule has 1 saturated heterocycles. The fraction of sp³-hybridized carbons (Fsp3) is 0.417. The minimum Gasteiger partial charge on any atom is -0.309 e. The van der Waals surface area contributed by atoms with Gasteiger partial charge in [-0.2, -0.15) is 18.4 Å². The summed E-state index contributed by atoms with van der Waals surface area (Å²) in [5, 5.41) is 8.43. The summed E-state index contributed by atoms with van der Waals surface area (Å²) in [4.78, 5) is 0.736. The van der Waals surface area contributed by atoms with Crippen LogP contribution in [0.1, 0.15) is 12.0 Å². The number of halogens is 4. The Balaban J connectivity index is 2.28. The van der Waals surface area contributed by atoms with Gasteiger partial charge in [-0.15, -0.1) is 0 Å². The Morgan fingerprint density at radius 3 is 2.64 bits per heavy atom. The second-order valence-corrected chi connectivity index (χ2v) is 6.89. The van der Waals surface area contributed by atoms with E-state index in [4.69, 9.17) is 16.9 Å². The fourth-order valence-corrected chi connectivity index (χ4v) is 3.90. The van der Waals surface area contributed by atoms with Gasteiger partial charge in [0.25, 0.3) is 0 Å². The van der Waals surface area contributed by atoms with E-state index < -0.39 is 32.7 Å². The molecule has 22 heavy (non-hydrogen) atoms. The average Bonchev–Trinajstić information content (AvgIpc) is 2.84. The van der Waals surface area contributed by atoms with Gasteiger partial charge in [0.2, 0.25) is 10.0 Å². The molecule has 10 heteroatoms. The number of nitrogens with zero attached hydrogens (tertiary/aromatic N) is 2. The predicted octanol–water partition coefficient (Wildman–Crippen LogP) is 2.19. The Morgan fingerprint density at radius 1 is 1.41 bits per heavy atom. The molecular formula is C12H11ClF3N3O2S. The van der Waals surface area contributed by atoms with Crippen LogP contribution in [-0.2, 0) is 16.2 Å². The Labute approximate surface area is 130 Å². The van der Waals surface area contributed by atoms with Crippen LogP contribution in [0.5, 0.6) is 0 Å². The molecule has 0 amide bonds. The summed E-state index contributed by atoms with van der Waals surface area (Å²) in [5.41, 5.74) is -1.10. The van der Waals surface area contributed by atoms with Crippen molar-refractivity contribution in [1.29, 1.82) is 5.26 Å². The van der Waals surface area contributed by atoms with Crippen LogP contribution in [-0.4, -0.2) is 32.4 Å². The lowest BCUT2D eigenvalue weighted by molar-refractivity contribution is -0.137. The Hall–Kier alpha value is -1.50. The lowest BCUT2D eigenvalue weighted by Crippen LogP contribution is -2.36. The van der Waals surface area contributed by atoms with E-state index in [-0.39, 0.29) is 11.6 Å². The second-order valence-electron chi connectivity index (χ2n) is 4.80. The summed E-state index contributed by atoms with van der Waals surface area (Å²) in [7, 11) is -4.21. The normalized spacial score (nSPS) is 19.2. The zero-order valence-electron chi connectivity index (χ0n) is 11.1.